The van der Waals surface area contributed by atoms with Gasteiger partial charge in [0.15, 0.2) is 0 Å². The number of rotatable bonds is 6. The number of methoxy groups -OCH3 is 1. The highest BCUT2D eigenvalue weighted by Gasteiger charge is 2.29. The van der Waals surface area contributed by atoms with Gasteiger partial charge in [0.1, 0.15) is 10.6 Å². The topological polar surface area (TPSA) is 84.9 Å². The summed E-state index contributed by atoms with van der Waals surface area (Å²) in [5, 5.41) is 2.90. The Morgan fingerprint density at radius 1 is 1.17 bits per heavy atom. The number of benzene rings is 2. The first kappa shape index (κ1) is 21.3. The molecule has 0 unspecified atom stereocenters. The van der Waals surface area contributed by atoms with Gasteiger partial charge in [-0.2, -0.15) is 4.31 Å². The lowest BCUT2D eigenvalue weighted by Crippen LogP contribution is -2.40. The van der Waals surface area contributed by atoms with Crippen LogP contribution in [0.1, 0.15) is 16.7 Å². The minimum absolute atomic E-state index is 0.0585. The van der Waals surface area contributed by atoms with Crippen LogP contribution in [0, 0.1) is 13.8 Å². The molecule has 0 aromatic heterocycles. The van der Waals surface area contributed by atoms with Crippen LogP contribution >= 0.6 is 0 Å². The van der Waals surface area contributed by atoms with E-state index in [9.17, 15) is 13.2 Å². The van der Waals surface area contributed by atoms with Gasteiger partial charge >= 0.3 is 0 Å². The molecule has 2 aromatic rings. The van der Waals surface area contributed by atoms with Crippen molar-refractivity contribution in [2.45, 2.75) is 25.2 Å². The van der Waals surface area contributed by atoms with E-state index >= 15 is 0 Å². The number of hydrogen-bond acceptors (Lipinski definition) is 5. The molecule has 0 saturated carbocycles. The van der Waals surface area contributed by atoms with Crippen molar-refractivity contribution in [1.29, 1.82) is 0 Å². The van der Waals surface area contributed by atoms with Crippen LogP contribution in [0.25, 0.3) is 0 Å². The van der Waals surface area contributed by atoms with Crippen LogP contribution in [0.5, 0.6) is 5.75 Å². The minimum Gasteiger partial charge on any atom is -0.495 e. The van der Waals surface area contributed by atoms with E-state index < -0.39 is 10.0 Å². The Morgan fingerprint density at radius 3 is 2.59 bits per heavy atom. The molecule has 2 aromatic carbocycles. The molecule has 156 valence electrons. The molecule has 3 rings (SSSR count). The molecule has 0 atom stereocenters. The zero-order valence-electron chi connectivity index (χ0n) is 16.9. The Kier molecular flexibility index (Phi) is 6.56. The van der Waals surface area contributed by atoms with Gasteiger partial charge in [-0.1, -0.05) is 18.2 Å². The molecule has 1 N–H and O–H groups in total. The molecule has 7 nitrogen and oxygen atoms in total. The van der Waals surface area contributed by atoms with Gasteiger partial charge < -0.3 is 14.8 Å². The number of anilines is 1. The minimum atomic E-state index is -3.74. The highest BCUT2D eigenvalue weighted by molar-refractivity contribution is 7.89. The predicted molar refractivity (Wildman–Crippen MR) is 111 cm³/mol. The predicted octanol–water partition coefficient (Wildman–Crippen LogP) is 2.51. The molecule has 8 heteroatoms. The van der Waals surface area contributed by atoms with Crippen molar-refractivity contribution in [3.8, 4) is 5.75 Å². The van der Waals surface area contributed by atoms with Gasteiger partial charge in [-0.05, 0) is 48.7 Å². The number of nitrogens with one attached hydrogen (secondary N) is 1. The maximum Gasteiger partial charge on any atom is 0.246 e. The van der Waals surface area contributed by atoms with Crippen molar-refractivity contribution in [2.75, 3.05) is 38.7 Å². The Balaban J connectivity index is 1.83. The molecule has 0 radical (unpaired) electrons. The van der Waals surface area contributed by atoms with E-state index in [2.05, 4.69) is 5.32 Å². The van der Waals surface area contributed by atoms with Crippen LogP contribution in [0.3, 0.4) is 0 Å². The fourth-order valence-electron chi connectivity index (χ4n) is 3.23. The normalized spacial score (nSPS) is 15.1. The molecule has 29 heavy (non-hydrogen) atoms. The lowest BCUT2D eigenvalue weighted by atomic mass is 10.1. The summed E-state index contributed by atoms with van der Waals surface area (Å²) >= 11 is 0. The first-order valence-corrected chi connectivity index (χ1v) is 10.9. The smallest absolute Gasteiger partial charge is 0.246 e. The molecular weight excluding hydrogens is 392 g/mol. The fourth-order valence-corrected chi connectivity index (χ4v) is 4.84. The van der Waals surface area contributed by atoms with E-state index in [1.54, 1.807) is 12.1 Å². The van der Waals surface area contributed by atoms with Crippen LogP contribution in [0.2, 0.25) is 0 Å². The van der Waals surface area contributed by atoms with Crippen molar-refractivity contribution < 1.29 is 22.7 Å². The van der Waals surface area contributed by atoms with Gasteiger partial charge in [-0.25, -0.2) is 8.42 Å². The molecule has 0 bridgehead atoms. The highest BCUT2D eigenvalue weighted by Crippen LogP contribution is 2.29. The summed E-state index contributed by atoms with van der Waals surface area (Å²) in [6.45, 7) is 5.24. The largest absolute Gasteiger partial charge is 0.495 e. The Bertz CT molecular complexity index is 998. The summed E-state index contributed by atoms with van der Waals surface area (Å²) in [5.41, 5.74) is 3.45. The van der Waals surface area contributed by atoms with E-state index in [1.807, 2.05) is 32.0 Å². The third-order valence-electron chi connectivity index (χ3n) is 5.06. The van der Waals surface area contributed by atoms with Crippen LogP contribution in [0.4, 0.5) is 5.69 Å². The second kappa shape index (κ2) is 8.94. The second-order valence-electron chi connectivity index (χ2n) is 6.97. The van der Waals surface area contributed by atoms with Crippen LogP contribution in [0.15, 0.2) is 41.3 Å². The summed E-state index contributed by atoms with van der Waals surface area (Å²) in [7, 11) is -2.31. The number of hydrogen-bond donors (Lipinski definition) is 1. The van der Waals surface area contributed by atoms with Crippen molar-refractivity contribution in [2.24, 2.45) is 0 Å². The van der Waals surface area contributed by atoms with Gasteiger partial charge in [0.2, 0.25) is 15.9 Å². The SMILES string of the molecule is COc1ccc(CC(=O)Nc2cccc(C)c2C)cc1S(=O)(=O)N1CCOCC1. The van der Waals surface area contributed by atoms with E-state index in [0.29, 0.717) is 31.9 Å². The molecule has 1 amide bonds. The zero-order valence-corrected chi connectivity index (χ0v) is 17.7. The number of aryl methyl sites for hydroxylation is 1. The Hall–Kier alpha value is -2.42. The maximum atomic E-state index is 13.1. The molecule has 1 aliphatic rings. The molecule has 1 heterocycles. The van der Waals surface area contributed by atoms with Gasteiger partial charge in [-0.3, -0.25) is 4.79 Å². The number of amides is 1. The summed E-state index contributed by atoms with van der Waals surface area (Å²) in [5.74, 6) is 0.0498. The van der Waals surface area contributed by atoms with E-state index in [1.165, 1.54) is 17.5 Å². The number of nitrogens with zero attached hydrogens (tertiary/aromatic N) is 1. The molecule has 1 fully saturated rings. The van der Waals surface area contributed by atoms with Gasteiger partial charge in [0, 0.05) is 18.8 Å². The molecule has 0 spiro atoms. The van der Waals surface area contributed by atoms with E-state index in [-0.39, 0.29) is 23.0 Å². The van der Waals surface area contributed by atoms with Gasteiger partial charge in [0.25, 0.3) is 0 Å². The van der Waals surface area contributed by atoms with Crippen molar-refractivity contribution in [3.05, 3.63) is 53.1 Å². The zero-order chi connectivity index (χ0) is 21.0. The van der Waals surface area contributed by atoms with Crippen LogP contribution in [-0.4, -0.2) is 52.0 Å². The monoisotopic (exact) mass is 418 g/mol. The van der Waals surface area contributed by atoms with Crippen molar-refractivity contribution in [1.82, 2.24) is 4.31 Å². The number of carbonyl (C=O) groups excluding carboxylic acids is 1. The van der Waals surface area contributed by atoms with Crippen molar-refractivity contribution >= 4 is 21.6 Å². The molecule has 0 aliphatic carbocycles. The van der Waals surface area contributed by atoms with Crippen LogP contribution < -0.4 is 10.1 Å². The Labute approximate surface area is 171 Å². The lowest BCUT2D eigenvalue weighted by molar-refractivity contribution is -0.115. The number of ether oxygens (including phenoxy) is 2. The first-order chi connectivity index (χ1) is 13.8. The van der Waals surface area contributed by atoms with Crippen molar-refractivity contribution in [3.63, 3.8) is 0 Å². The van der Waals surface area contributed by atoms with E-state index in [4.69, 9.17) is 9.47 Å². The average molecular weight is 419 g/mol. The second-order valence-corrected chi connectivity index (χ2v) is 8.88. The molecule has 1 saturated heterocycles. The average Bonchev–Trinajstić information content (AvgIpc) is 2.72. The summed E-state index contributed by atoms with van der Waals surface area (Å²) < 4.78 is 38.0. The molecule has 1 aliphatic heterocycles. The van der Waals surface area contributed by atoms with Crippen LogP contribution in [-0.2, 0) is 26.0 Å². The molecular formula is C21H26N2O5S. The number of carbonyl (C=O) groups is 1. The number of morpholine rings is 1. The summed E-state index contributed by atoms with van der Waals surface area (Å²) in [6, 6.07) is 10.5. The van der Waals surface area contributed by atoms with Gasteiger partial charge in [-0.15, -0.1) is 0 Å². The third-order valence-corrected chi connectivity index (χ3v) is 6.98. The number of sulfonamides is 1. The standard InChI is InChI=1S/C21H26N2O5S/c1-15-5-4-6-18(16(15)2)22-21(24)14-17-7-8-19(27-3)20(13-17)29(25,26)23-9-11-28-12-10-23/h4-8,13H,9-12,14H2,1-3H3,(H,22,24). The fraction of sp³-hybridized carbons (Fsp3) is 0.381. The Morgan fingerprint density at radius 2 is 1.90 bits per heavy atom. The highest BCUT2D eigenvalue weighted by atomic mass is 32.2. The first-order valence-electron chi connectivity index (χ1n) is 9.44. The quantitative estimate of drug-likeness (QED) is 0.779. The van der Waals surface area contributed by atoms with E-state index in [0.717, 1.165) is 16.8 Å². The summed E-state index contributed by atoms with van der Waals surface area (Å²) in [4.78, 5) is 12.6. The van der Waals surface area contributed by atoms with Gasteiger partial charge in [0.05, 0.1) is 26.7 Å². The maximum absolute atomic E-state index is 13.1. The summed E-state index contributed by atoms with van der Waals surface area (Å²) in [6.07, 6.45) is 0.0585. The lowest BCUT2D eigenvalue weighted by Gasteiger charge is -2.26. The third kappa shape index (κ3) is 4.77.